The van der Waals surface area contributed by atoms with Gasteiger partial charge in [0.05, 0.1) is 23.7 Å². The highest BCUT2D eigenvalue weighted by Crippen LogP contribution is 2.23. The molecule has 0 bridgehead atoms. The maximum Gasteiger partial charge on any atom is 0.252 e. The summed E-state index contributed by atoms with van der Waals surface area (Å²) >= 11 is 1.57. The molecule has 26 heavy (non-hydrogen) atoms. The van der Waals surface area contributed by atoms with E-state index in [9.17, 15) is 4.79 Å². The van der Waals surface area contributed by atoms with Crippen LogP contribution in [0.4, 0.5) is 0 Å². The minimum absolute atomic E-state index is 0.156. The molecule has 1 amide bonds. The van der Waals surface area contributed by atoms with Gasteiger partial charge in [-0.2, -0.15) is 4.99 Å². The zero-order chi connectivity index (χ0) is 18.8. The number of carbonyl (C=O) groups excluding carboxylic acids is 1. The van der Waals surface area contributed by atoms with Crippen molar-refractivity contribution in [2.45, 2.75) is 40.7 Å². The summed E-state index contributed by atoms with van der Waals surface area (Å²) < 4.78 is 8.64. The lowest BCUT2D eigenvalue weighted by Crippen LogP contribution is -2.16. The van der Waals surface area contributed by atoms with Gasteiger partial charge in [-0.3, -0.25) is 4.79 Å². The molecule has 0 saturated carbocycles. The van der Waals surface area contributed by atoms with Crippen LogP contribution in [0.15, 0.2) is 35.3 Å². The summed E-state index contributed by atoms with van der Waals surface area (Å²) in [6, 6.07) is 10.2. The molecule has 0 saturated heterocycles. The Bertz CT molecular complexity index is 1040. The predicted molar refractivity (Wildman–Crippen MR) is 107 cm³/mol. The van der Waals surface area contributed by atoms with E-state index in [1.165, 1.54) is 11.1 Å². The number of hydrogen-bond acceptors (Lipinski definition) is 3. The summed E-state index contributed by atoms with van der Waals surface area (Å²) in [5, 5.41) is 0. The van der Waals surface area contributed by atoms with Crippen LogP contribution in [-0.2, 0) is 17.8 Å². The second kappa shape index (κ2) is 7.46. The standard InChI is InChI=1S/C21H24N2O2S/c1-6-23-17-10-14(3)15(4)11-19(17)26-21(23)22-20(24)12-16-9-13(2)7-8-18(16)25-5/h7-11H,6,12H2,1-5H3. The predicted octanol–water partition coefficient (Wildman–Crippen LogP) is 4.33. The van der Waals surface area contributed by atoms with Gasteiger partial charge >= 0.3 is 0 Å². The van der Waals surface area contributed by atoms with Gasteiger partial charge in [0.2, 0.25) is 0 Å². The Morgan fingerprint density at radius 1 is 1.15 bits per heavy atom. The van der Waals surface area contributed by atoms with E-state index < -0.39 is 0 Å². The first kappa shape index (κ1) is 18.4. The molecule has 136 valence electrons. The Morgan fingerprint density at radius 2 is 1.88 bits per heavy atom. The molecule has 0 radical (unpaired) electrons. The number of carbonyl (C=O) groups is 1. The number of amides is 1. The number of ether oxygens (including phenoxy) is 1. The Balaban J connectivity index is 2.02. The second-order valence-corrected chi connectivity index (χ2v) is 7.54. The van der Waals surface area contributed by atoms with Crippen molar-refractivity contribution in [1.82, 2.24) is 4.57 Å². The molecule has 4 nitrogen and oxygen atoms in total. The van der Waals surface area contributed by atoms with Gasteiger partial charge in [0.25, 0.3) is 5.91 Å². The normalized spacial score (nSPS) is 12.0. The lowest BCUT2D eigenvalue weighted by Gasteiger charge is -2.07. The van der Waals surface area contributed by atoms with E-state index in [0.29, 0.717) is 0 Å². The fraction of sp³-hybridized carbons (Fsp3) is 0.333. The lowest BCUT2D eigenvalue weighted by molar-refractivity contribution is -0.117. The monoisotopic (exact) mass is 368 g/mol. The number of aromatic nitrogens is 1. The number of benzene rings is 2. The molecule has 1 heterocycles. The van der Waals surface area contributed by atoms with Crippen molar-refractivity contribution in [3.63, 3.8) is 0 Å². The van der Waals surface area contributed by atoms with Crippen LogP contribution in [-0.4, -0.2) is 17.6 Å². The summed E-state index contributed by atoms with van der Waals surface area (Å²) in [4.78, 5) is 17.8. The average molecular weight is 369 g/mol. The van der Waals surface area contributed by atoms with Crippen molar-refractivity contribution in [1.29, 1.82) is 0 Å². The third kappa shape index (κ3) is 3.58. The Labute approximate surface area is 157 Å². The highest BCUT2D eigenvalue weighted by molar-refractivity contribution is 7.16. The van der Waals surface area contributed by atoms with Gasteiger partial charge in [0.15, 0.2) is 4.80 Å². The van der Waals surface area contributed by atoms with Crippen molar-refractivity contribution >= 4 is 27.5 Å². The van der Waals surface area contributed by atoms with Crippen LogP contribution < -0.4 is 9.54 Å². The molecule has 5 heteroatoms. The van der Waals surface area contributed by atoms with Crippen LogP contribution in [0.5, 0.6) is 5.75 Å². The number of fused-ring (bicyclic) bond motifs is 1. The van der Waals surface area contributed by atoms with Crippen molar-refractivity contribution < 1.29 is 9.53 Å². The Kier molecular flexibility index (Phi) is 5.28. The Hall–Kier alpha value is -2.40. The second-order valence-electron chi connectivity index (χ2n) is 6.53. The van der Waals surface area contributed by atoms with Gasteiger partial charge < -0.3 is 9.30 Å². The maximum absolute atomic E-state index is 12.6. The van der Waals surface area contributed by atoms with Gasteiger partial charge in [-0.1, -0.05) is 29.0 Å². The van der Waals surface area contributed by atoms with E-state index in [-0.39, 0.29) is 12.3 Å². The molecule has 0 fully saturated rings. The minimum atomic E-state index is -0.156. The number of methoxy groups -OCH3 is 1. The first-order chi connectivity index (χ1) is 12.4. The SMILES string of the molecule is CCn1c(=NC(=O)Cc2cc(C)ccc2OC)sc2cc(C)c(C)cc21. The van der Waals surface area contributed by atoms with Crippen LogP contribution in [0.1, 0.15) is 29.2 Å². The first-order valence-electron chi connectivity index (χ1n) is 8.74. The lowest BCUT2D eigenvalue weighted by atomic mass is 10.1. The summed E-state index contributed by atoms with van der Waals surface area (Å²) in [7, 11) is 1.62. The average Bonchev–Trinajstić information content (AvgIpc) is 2.91. The quantitative estimate of drug-likeness (QED) is 0.688. The topological polar surface area (TPSA) is 43.6 Å². The van der Waals surface area contributed by atoms with Crippen molar-refractivity contribution in [2.75, 3.05) is 7.11 Å². The number of aryl methyl sites for hydroxylation is 4. The van der Waals surface area contributed by atoms with E-state index in [1.54, 1.807) is 18.4 Å². The highest BCUT2D eigenvalue weighted by Gasteiger charge is 2.11. The Morgan fingerprint density at radius 3 is 2.58 bits per heavy atom. The zero-order valence-corrected chi connectivity index (χ0v) is 16.7. The van der Waals surface area contributed by atoms with E-state index in [4.69, 9.17) is 4.74 Å². The van der Waals surface area contributed by atoms with Gasteiger partial charge in [-0.15, -0.1) is 0 Å². The molecule has 0 N–H and O–H groups in total. The maximum atomic E-state index is 12.6. The molecule has 0 atom stereocenters. The molecule has 1 aromatic heterocycles. The summed E-state index contributed by atoms with van der Waals surface area (Å²) in [6.45, 7) is 9.08. The third-order valence-electron chi connectivity index (χ3n) is 4.61. The van der Waals surface area contributed by atoms with E-state index >= 15 is 0 Å². The third-order valence-corrected chi connectivity index (χ3v) is 5.65. The van der Waals surface area contributed by atoms with Gasteiger partial charge in [0, 0.05) is 12.1 Å². The van der Waals surface area contributed by atoms with Crippen molar-refractivity contribution in [2.24, 2.45) is 4.99 Å². The van der Waals surface area contributed by atoms with Crippen LogP contribution in [0.3, 0.4) is 0 Å². The minimum Gasteiger partial charge on any atom is -0.496 e. The van der Waals surface area contributed by atoms with Crippen LogP contribution >= 0.6 is 11.3 Å². The van der Waals surface area contributed by atoms with Gasteiger partial charge in [-0.05, 0) is 57.0 Å². The summed E-state index contributed by atoms with van der Waals surface area (Å²) in [5.74, 6) is 0.571. The zero-order valence-electron chi connectivity index (χ0n) is 15.9. The van der Waals surface area contributed by atoms with Gasteiger partial charge in [-0.25, -0.2) is 0 Å². The molecule has 0 spiro atoms. The number of hydrogen-bond donors (Lipinski definition) is 0. The smallest absolute Gasteiger partial charge is 0.252 e. The molecular weight excluding hydrogens is 344 g/mol. The molecule has 0 aliphatic carbocycles. The van der Waals surface area contributed by atoms with E-state index in [1.807, 2.05) is 25.1 Å². The fourth-order valence-corrected chi connectivity index (χ4v) is 4.26. The molecule has 0 aliphatic heterocycles. The molecule has 0 aliphatic rings. The molecule has 0 unspecified atom stereocenters. The van der Waals surface area contributed by atoms with Crippen molar-refractivity contribution in [3.8, 4) is 5.75 Å². The largest absolute Gasteiger partial charge is 0.496 e. The molecule has 3 aromatic rings. The number of rotatable bonds is 4. The fourth-order valence-electron chi connectivity index (χ4n) is 3.07. The number of nitrogens with zero attached hydrogens (tertiary/aromatic N) is 2. The van der Waals surface area contributed by atoms with Crippen molar-refractivity contribution in [3.05, 3.63) is 57.4 Å². The first-order valence-corrected chi connectivity index (χ1v) is 9.56. The molecule has 2 aromatic carbocycles. The summed E-state index contributed by atoms with van der Waals surface area (Å²) in [5.41, 5.74) is 5.62. The number of thiazole rings is 1. The van der Waals surface area contributed by atoms with E-state index in [0.717, 1.165) is 38.4 Å². The van der Waals surface area contributed by atoms with E-state index in [2.05, 4.69) is 42.5 Å². The van der Waals surface area contributed by atoms with Gasteiger partial charge in [0.1, 0.15) is 5.75 Å². The van der Waals surface area contributed by atoms with Crippen LogP contribution in [0.2, 0.25) is 0 Å². The van der Waals surface area contributed by atoms with Crippen LogP contribution in [0.25, 0.3) is 10.2 Å². The molecule has 3 rings (SSSR count). The highest BCUT2D eigenvalue weighted by atomic mass is 32.1. The molecular formula is C21H24N2O2S. The summed E-state index contributed by atoms with van der Waals surface area (Å²) in [6.07, 6.45) is 0.237. The van der Waals surface area contributed by atoms with Crippen LogP contribution in [0, 0.1) is 20.8 Å².